The normalized spacial score (nSPS) is 19.5. The minimum Gasteiger partial charge on any atom is -0.481 e. The number of aliphatic carboxylic acids is 1. The van der Waals surface area contributed by atoms with Gasteiger partial charge in [-0.25, -0.2) is 0 Å². The number of carbonyl (C=O) groups is 3. The molecule has 2 aliphatic carbocycles. The molecular formula is C33H31Br2F3N2O7. The summed E-state index contributed by atoms with van der Waals surface area (Å²) in [6.07, 6.45) is -3.58. The summed E-state index contributed by atoms with van der Waals surface area (Å²) in [6.45, 7) is 7.98. The number of nitro groups is 1. The Bertz CT molecular complexity index is 1720. The van der Waals surface area contributed by atoms with Gasteiger partial charge in [-0.3, -0.25) is 24.5 Å². The standard InChI is InChI=1S/C33H31Br2F3N2O7/c1-31(2)12-21-28(23(41)14-31)27(29-22(39(21)8-7-26(43)44)13-32(3,4)15-24(29)42)16-9-18(34)30(19(35)10-16)47-25-6-5-17(33(36,37)38)11-20(25)40(45)46/h5-6,9-11,27H,7-8,12-15H2,1-4H3,(H,43,44). The molecule has 250 valence electrons. The Hall–Kier alpha value is -3.52. The Labute approximate surface area is 285 Å². The number of hydrogen-bond acceptors (Lipinski definition) is 7. The molecule has 0 saturated heterocycles. The lowest BCUT2D eigenvalue weighted by Crippen LogP contribution is -2.45. The van der Waals surface area contributed by atoms with Crippen LogP contribution >= 0.6 is 31.9 Å². The SMILES string of the molecule is CC1(C)CC(=O)C2=C(C1)N(CCC(=O)O)C1=C(C(=O)CC(C)(C)C1)C2c1cc(Br)c(Oc2ccc(C(F)(F)F)cc2[N+](=O)[O-])c(Br)c1. The molecule has 0 spiro atoms. The smallest absolute Gasteiger partial charge is 0.416 e. The van der Waals surface area contributed by atoms with Crippen molar-refractivity contribution in [1.82, 2.24) is 4.90 Å². The molecule has 47 heavy (non-hydrogen) atoms. The summed E-state index contributed by atoms with van der Waals surface area (Å²) in [5.41, 5.74) is -0.145. The number of rotatable bonds is 7. The third kappa shape index (κ3) is 6.89. The van der Waals surface area contributed by atoms with Crippen LogP contribution in [0.3, 0.4) is 0 Å². The highest BCUT2D eigenvalue weighted by Crippen LogP contribution is 2.55. The molecule has 14 heteroatoms. The fourth-order valence-electron chi connectivity index (χ4n) is 6.73. The first-order valence-electron chi connectivity index (χ1n) is 14.7. The molecule has 1 heterocycles. The van der Waals surface area contributed by atoms with E-state index in [1.54, 1.807) is 12.1 Å². The molecular weight excluding hydrogens is 753 g/mol. The van der Waals surface area contributed by atoms with Gasteiger partial charge in [0.25, 0.3) is 0 Å². The van der Waals surface area contributed by atoms with Gasteiger partial charge in [-0.1, -0.05) is 27.7 Å². The van der Waals surface area contributed by atoms with Crippen LogP contribution in [0.25, 0.3) is 0 Å². The van der Waals surface area contributed by atoms with Crippen LogP contribution in [0.15, 0.2) is 61.8 Å². The molecule has 0 unspecified atom stereocenters. The summed E-state index contributed by atoms with van der Waals surface area (Å²) >= 11 is 6.89. The molecule has 3 aliphatic rings. The molecule has 2 aromatic rings. The predicted molar refractivity (Wildman–Crippen MR) is 172 cm³/mol. The summed E-state index contributed by atoms with van der Waals surface area (Å²) in [6, 6.07) is 5.22. The summed E-state index contributed by atoms with van der Waals surface area (Å²) < 4.78 is 46.1. The van der Waals surface area contributed by atoms with Crippen molar-refractivity contribution < 1.29 is 42.3 Å². The zero-order valence-corrected chi connectivity index (χ0v) is 29.1. The van der Waals surface area contributed by atoms with Gasteiger partial charge in [0.05, 0.1) is 25.9 Å². The molecule has 0 saturated carbocycles. The van der Waals surface area contributed by atoms with Crippen molar-refractivity contribution in [2.75, 3.05) is 6.54 Å². The number of ketones is 2. The Morgan fingerprint density at radius 1 is 0.979 bits per heavy atom. The highest BCUT2D eigenvalue weighted by atomic mass is 79.9. The van der Waals surface area contributed by atoms with E-state index in [9.17, 15) is 42.8 Å². The molecule has 0 radical (unpaired) electrons. The second-order valence-corrected chi connectivity index (χ2v) is 15.4. The quantitative estimate of drug-likeness (QED) is 0.218. The first-order chi connectivity index (χ1) is 21.7. The molecule has 0 aromatic heterocycles. The zero-order chi connectivity index (χ0) is 34.8. The van der Waals surface area contributed by atoms with E-state index in [-0.39, 0.29) is 52.1 Å². The maximum Gasteiger partial charge on any atom is 0.416 e. The lowest BCUT2D eigenvalue weighted by Gasteiger charge is -2.49. The van der Waals surface area contributed by atoms with E-state index in [1.807, 2.05) is 32.6 Å². The van der Waals surface area contributed by atoms with E-state index in [0.717, 1.165) is 6.07 Å². The van der Waals surface area contributed by atoms with Crippen LogP contribution in [0, 0.1) is 20.9 Å². The number of benzene rings is 2. The molecule has 1 aliphatic heterocycles. The second-order valence-electron chi connectivity index (χ2n) is 13.7. The van der Waals surface area contributed by atoms with E-state index in [4.69, 9.17) is 4.74 Å². The predicted octanol–water partition coefficient (Wildman–Crippen LogP) is 9.09. The fourth-order valence-corrected chi connectivity index (χ4v) is 8.12. The number of allylic oxidation sites excluding steroid dienone is 4. The van der Waals surface area contributed by atoms with E-state index in [0.29, 0.717) is 53.1 Å². The van der Waals surface area contributed by atoms with Gasteiger partial charge in [0.15, 0.2) is 17.3 Å². The molecule has 0 fully saturated rings. The first-order valence-corrected chi connectivity index (χ1v) is 16.3. The molecule has 2 aromatic carbocycles. The van der Waals surface area contributed by atoms with E-state index in [1.165, 1.54) is 0 Å². The van der Waals surface area contributed by atoms with E-state index >= 15 is 0 Å². The number of nitro benzene ring substituents is 1. The van der Waals surface area contributed by atoms with Crippen LogP contribution in [0.4, 0.5) is 18.9 Å². The van der Waals surface area contributed by atoms with Crippen molar-refractivity contribution >= 4 is 55.1 Å². The Kier molecular flexibility index (Phi) is 9.02. The largest absolute Gasteiger partial charge is 0.481 e. The Morgan fingerprint density at radius 3 is 1.94 bits per heavy atom. The minimum absolute atomic E-state index is 0.0334. The second kappa shape index (κ2) is 12.2. The van der Waals surface area contributed by atoms with E-state index < -0.39 is 50.8 Å². The summed E-state index contributed by atoms with van der Waals surface area (Å²) in [4.78, 5) is 52.2. The van der Waals surface area contributed by atoms with Gasteiger partial charge < -0.3 is 14.7 Å². The molecule has 9 nitrogen and oxygen atoms in total. The van der Waals surface area contributed by atoms with Crippen molar-refractivity contribution in [3.05, 3.63) is 83.1 Å². The fraction of sp³-hybridized carbons (Fsp3) is 0.424. The third-order valence-electron chi connectivity index (χ3n) is 8.62. The van der Waals surface area contributed by atoms with Gasteiger partial charge in [-0.2, -0.15) is 13.2 Å². The van der Waals surface area contributed by atoms with Crippen molar-refractivity contribution in [3.8, 4) is 11.5 Å². The van der Waals surface area contributed by atoms with Crippen LogP contribution in [0.5, 0.6) is 11.5 Å². The van der Waals surface area contributed by atoms with Gasteiger partial charge >= 0.3 is 17.8 Å². The summed E-state index contributed by atoms with van der Waals surface area (Å²) in [7, 11) is 0. The van der Waals surface area contributed by atoms with Crippen molar-refractivity contribution in [2.45, 2.75) is 71.9 Å². The number of hydrogen-bond donors (Lipinski definition) is 1. The summed E-state index contributed by atoms with van der Waals surface area (Å²) in [5, 5.41) is 21.2. The van der Waals surface area contributed by atoms with Gasteiger partial charge in [-0.05, 0) is 85.4 Å². The number of nitrogens with zero attached hydrogens (tertiary/aromatic N) is 2. The zero-order valence-electron chi connectivity index (χ0n) is 25.9. The topological polar surface area (TPSA) is 127 Å². The van der Waals surface area contributed by atoms with Gasteiger partial charge in [0.2, 0.25) is 5.75 Å². The minimum atomic E-state index is -4.80. The van der Waals surface area contributed by atoms with Gasteiger partial charge in [-0.15, -0.1) is 0 Å². The van der Waals surface area contributed by atoms with Crippen LogP contribution < -0.4 is 4.74 Å². The molecule has 5 rings (SSSR count). The number of Topliss-reactive ketones (excluding diaryl/α,β-unsaturated/α-hetero) is 2. The van der Waals surface area contributed by atoms with Crippen molar-refractivity contribution in [1.29, 1.82) is 0 Å². The van der Waals surface area contributed by atoms with E-state index in [2.05, 4.69) is 31.9 Å². The maximum atomic E-state index is 14.0. The van der Waals surface area contributed by atoms with Crippen molar-refractivity contribution in [3.63, 3.8) is 0 Å². The highest BCUT2D eigenvalue weighted by molar-refractivity contribution is 9.11. The van der Waals surface area contributed by atoms with Crippen molar-refractivity contribution in [2.24, 2.45) is 10.8 Å². The lowest BCUT2D eigenvalue weighted by atomic mass is 9.63. The summed E-state index contributed by atoms with van der Waals surface area (Å²) in [5.74, 6) is -2.48. The number of alkyl halides is 3. The third-order valence-corrected chi connectivity index (χ3v) is 9.80. The number of halogens is 5. The van der Waals surface area contributed by atoms with Gasteiger partial charge in [0, 0.05) is 53.9 Å². The number of ether oxygens (including phenoxy) is 1. The van der Waals surface area contributed by atoms with Crippen LogP contribution in [0.1, 0.15) is 76.8 Å². The molecule has 1 N–H and O–H groups in total. The molecule has 0 bridgehead atoms. The average molecular weight is 784 g/mol. The number of carboxylic acids is 1. The molecule has 0 amide bonds. The van der Waals surface area contributed by atoms with Crippen LogP contribution in [-0.4, -0.2) is 39.0 Å². The Morgan fingerprint density at radius 2 is 1.49 bits per heavy atom. The number of carboxylic acid groups (broad SMARTS) is 1. The van der Waals surface area contributed by atoms with Crippen LogP contribution in [-0.2, 0) is 20.6 Å². The first kappa shape index (κ1) is 34.8. The monoisotopic (exact) mass is 782 g/mol. The van der Waals surface area contributed by atoms with Crippen LogP contribution in [0.2, 0.25) is 0 Å². The number of carbonyl (C=O) groups excluding carboxylic acids is 2. The lowest BCUT2D eigenvalue weighted by molar-refractivity contribution is -0.385. The average Bonchev–Trinajstić information content (AvgIpc) is 2.91. The maximum absolute atomic E-state index is 14.0. The Balaban J connectivity index is 1.66. The molecule has 0 atom stereocenters. The van der Waals surface area contributed by atoms with Gasteiger partial charge in [0.1, 0.15) is 0 Å². The highest BCUT2D eigenvalue weighted by Gasteiger charge is 2.49.